The van der Waals surface area contributed by atoms with E-state index in [1.54, 1.807) is 25.1 Å². The van der Waals surface area contributed by atoms with E-state index in [2.05, 4.69) is 10.3 Å². The lowest BCUT2D eigenvalue weighted by atomic mass is 10.1. The summed E-state index contributed by atoms with van der Waals surface area (Å²) in [5, 5.41) is 3.56. The molecule has 0 spiro atoms. The first-order valence-corrected chi connectivity index (χ1v) is 8.34. The highest BCUT2D eigenvalue weighted by molar-refractivity contribution is 5.98. The molecule has 0 saturated heterocycles. The van der Waals surface area contributed by atoms with E-state index in [4.69, 9.17) is 4.74 Å². The number of aryl methyl sites for hydroxylation is 3. The molecule has 0 unspecified atom stereocenters. The number of pyridine rings is 1. The molecule has 0 aliphatic rings. The molecule has 2 aromatic carbocycles. The maximum atomic E-state index is 12.4. The van der Waals surface area contributed by atoms with Gasteiger partial charge in [-0.3, -0.25) is 9.78 Å². The first-order valence-electron chi connectivity index (χ1n) is 8.34. The molecule has 0 saturated carbocycles. The van der Waals surface area contributed by atoms with Crippen LogP contribution in [0.25, 0.3) is 10.9 Å². The van der Waals surface area contributed by atoms with Crippen LogP contribution in [0.1, 0.15) is 27.2 Å². The highest BCUT2D eigenvalue weighted by atomic mass is 16.5. The smallest absolute Gasteiger partial charge is 0.340 e. The number of fused-ring (bicyclic) bond motifs is 1. The third-order valence-electron chi connectivity index (χ3n) is 4.05. The Balaban J connectivity index is 1.67. The van der Waals surface area contributed by atoms with Crippen molar-refractivity contribution in [1.82, 2.24) is 4.98 Å². The Labute approximate surface area is 152 Å². The van der Waals surface area contributed by atoms with Crippen LogP contribution in [-0.2, 0) is 9.53 Å². The largest absolute Gasteiger partial charge is 0.452 e. The lowest BCUT2D eigenvalue weighted by Gasteiger charge is -2.09. The summed E-state index contributed by atoms with van der Waals surface area (Å²) in [5.74, 6) is -0.943. The fourth-order valence-electron chi connectivity index (χ4n) is 2.64. The number of esters is 1. The summed E-state index contributed by atoms with van der Waals surface area (Å²) in [6, 6.07) is 15.0. The van der Waals surface area contributed by atoms with Gasteiger partial charge < -0.3 is 10.1 Å². The van der Waals surface area contributed by atoms with Crippen LogP contribution < -0.4 is 5.32 Å². The molecule has 0 aliphatic heterocycles. The van der Waals surface area contributed by atoms with Gasteiger partial charge in [0.25, 0.3) is 5.91 Å². The van der Waals surface area contributed by atoms with E-state index in [9.17, 15) is 9.59 Å². The second-order valence-corrected chi connectivity index (χ2v) is 6.31. The number of hydrogen-bond donors (Lipinski definition) is 1. The van der Waals surface area contributed by atoms with Crippen LogP contribution in [-0.4, -0.2) is 23.5 Å². The van der Waals surface area contributed by atoms with Gasteiger partial charge in [-0.2, -0.15) is 0 Å². The molecule has 1 amide bonds. The molecule has 3 aromatic rings. The molecule has 0 radical (unpaired) electrons. The summed E-state index contributed by atoms with van der Waals surface area (Å²) in [6.45, 7) is 5.35. The van der Waals surface area contributed by atoms with Crippen molar-refractivity contribution in [1.29, 1.82) is 0 Å². The Morgan fingerprint density at radius 1 is 0.962 bits per heavy atom. The number of amides is 1. The number of ether oxygens (including phenoxy) is 1. The Hall–Kier alpha value is -3.21. The van der Waals surface area contributed by atoms with E-state index in [1.807, 2.05) is 44.2 Å². The maximum Gasteiger partial charge on any atom is 0.340 e. The average Bonchev–Trinajstić information content (AvgIpc) is 2.61. The number of nitrogens with one attached hydrogen (secondary N) is 1. The predicted octanol–water partition coefficient (Wildman–Crippen LogP) is 3.96. The van der Waals surface area contributed by atoms with E-state index in [0.29, 0.717) is 16.9 Å². The van der Waals surface area contributed by atoms with E-state index < -0.39 is 5.97 Å². The van der Waals surface area contributed by atoms with Gasteiger partial charge in [0, 0.05) is 11.1 Å². The molecule has 1 aromatic heterocycles. The van der Waals surface area contributed by atoms with Gasteiger partial charge in [-0.1, -0.05) is 29.3 Å². The molecular formula is C21H20N2O3. The van der Waals surface area contributed by atoms with Gasteiger partial charge in [-0.05, 0) is 51.1 Å². The molecule has 1 N–H and O–H groups in total. The lowest BCUT2D eigenvalue weighted by molar-refractivity contribution is -0.119. The summed E-state index contributed by atoms with van der Waals surface area (Å²) in [4.78, 5) is 28.8. The number of rotatable bonds is 4. The summed E-state index contributed by atoms with van der Waals surface area (Å²) < 4.78 is 5.15. The second-order valence-electron chi connectivity index (χ2n) is 6.31. The molecular weight excluding hydrogens is 328 g/mol. The van der Waals surface area contributed by atoms with Gasteiger partial charge in [-0.25, -0.2) is 4.79 Å². The predicted molar refractivity (Wildman–Crippen MR) is 101 cm³/mol. The lowest BCUT2D eigenvalue weighted by Crippen LogP contribution is -2.21. The molecule has 26 heavy (non-hydrogen) atoms. The van der Waals surface area contributed by atoms with Crippen LogP contribution in [0.3, 0.4) is 0 Å². The van der Waals surface area contributed by atoms with Crippen molar-refractivity contribution in [3.8, 4) is 0 Å². The molecule has 0 bridgehead atoms. The van der Waals surface area contributed by atoms with Gasteiger partial charge in [0.2, 0.25) is 0 Å². The van der Waals surface area contributed by atoms with Crippen LogP contribution in [0, 0.1) is 20.8 Å². The van der Waals surface area contributed by atoms with Crippen molar-refractivity contribution < 1.29 is 14.3 Å². The Kier molecular flexibility index (Phi) is 4.98. The highest BCUT2D eigenvalue weighted by Crippen LogP contribution is 2.19. The van der Waals surface area contributed by atoms with Crippen LogP contribution >= 0.6 is 0 Å². The molecule has 5 heteroatoms. The van der Waals surface area contributed by atoms with Crippen molar-refractivity contribution in [2.24, 2.45) is 0 Å². The van der Waals surface area contributed by atoms with E-state index >= 15 is 0 Å². The minimum absolute atomic E-state index is 0.349. The number of carbonyl (C=O) groups excluding carboxylic acids is 2. The van der Waals surface area contributed by atoms with Gasteiger partial charge >= 0.3 is 5.97 Å². The summed E-state index contributed by atoms with van der Waals surface area (Å²) in [7, 11) is 0. The number of aromatic nitrogens is 1. The normalized spacial score (nSPS) is 10.6. The van der Waals surface area contributed by atoms with E-state index in [1.165, 1.54) is 0 Å². The standard InChI is InChI=1S/C21H20N2O3/c1-13-4-7-17(8-5-13)23-20(24)12-26-21(25)18-11-16-10-14(2)6-9-19(16)22-15(18)3/h4-11H,12H2,1-3H3,(H,23,24). The number of anilines is 1. The van der Waals surface area contributed by atoms with Crippen molar-refractivity contribution in [2.75, 3.05) is 11.9 Å². The van der Waals surface area contributed by atoms with Crippen LogP contribution in [0.2, 0.25) is 0 Å². The van der Waals surface area contributed by atoms with Gasteiger partial charge in [0.15, 0.2) is 6.61 Å². The molecule has 0 aliphatic carbocycles. The minimum Gasteiger partial charge on any atom is -0.452 e. The summed E-state index contributed by atoms with van der Waals surface area (Å²) in [6.07, 6.45) is 0. The van der Waals surface area contributed by atoms with Crippen molar-refractivity contribution >= 4 is 28.5 Å². The fraction of sp³-hybridized carbons (Fsp3) is 0.190. The Bertz CT molecular complexity index is 978. The number of carbonyl (C=O) groups is 2. The zero-order valence-electron chi connectivity index (χ0n) is 15.0. The van der Waals surface area contributed by atoms with Crippen molar-refractivity contribution in [3.05, 3.63) is 70.9 Å². The van der Waals surface area contributed by atoms with Gasteiger partial charge in [-0.15, -0.1) is 0 Å². The number of nitrogens with zero attached hydrogens (tertiary/aromatic N) is 1. The van der Waals surface area contributed by atoms with Gasteiger partial charge in [0.1, 0.15) is 0 Å². The third-order valence-corrected chi connectivity index (χ3v) is 4.05. The summed E-state index contributed by atoms with van der Waals surface area (Å²) in [5.41, 5.74) is 4.61. The molecule has 0 atom stereocenters. The first kappa shape index (κ1) is 17.6. The third kappa shape index (κ3) is 4.06. The van der Waals surface area contributed by atoms with Gasteiger partial charge in [0.05, 0.1) is 16.8 Å². The van der Waals surface area contributed by atoms with Crippen LogP contribution in [0.15, 0.2) is 48.5 Å². The molecule has 3 rings (SSSR count). The Morgan fingerprint density at radius 3 is 2.38 bits per heavy atom. The van der Waals surface area contributed by atoms with Crippen molar-refractivity contribution in [2.45, 2.75) is 20.8 Å². The molecule has 5 nitrogen and oxygen atoms in total. The quantitative estimate of drug-likeness (QED) is 0.725. The second kappa shape index (κ2) is 7.35. The Morgan fingerprint density at radius 2 is 1.65 bits per heavy atom. The highest BCUT2D eigenvalue weighted by Gasteiger charge is 2.15. The minimum atomic E-state index is -0.558. The monoisotopic (exact) mass is 348 g/mol. The first-order chi connectivity index (χ1) is 12.4. The zero-order chi connectivity index (χ0) is 18.7. The number of hydrogen-bond acceptors (Lipinski definition) is 4. The number of benzene rings is 2. The van der Waals surface area contributed by atoms with Crippen molar-refractivity contribution in [3.63, 3.8) is 0 Å². The average molecular weight is 348 g/mol. The van der Waals surface area contributed by atoms with Crippen LogP contribution in [0.4, 0.5) is 5.69 Å². The maximum absolute atomic E-state index is 12.4. The van der Waals surface area contributed by atoms with E-state index in [-0.39, 0.29) is 12.5 Å². The topological polar surface area (TPSA) is 68.3 Å². The molecule has 1 heterocycles. The summed E-state index contributed by atoms with van der Waals surface area (Å²) >= 11 is 0. The zero-order valence-corrected chi connectivity index (χ0v) is 15.0. The molecule has 132 valence electrons. The van der Waals surface area contributed by atoms with Crippen LogP contribution in [0.5, 0.6) is 0 Å². The molecule has 0 fully saturated rings. The SMILES string of the molecule is Cc1ccc(NC(=O)COC(=O)c2cc3cc(C)ccc3nc2C)cc1. The van der Waals surface area contributed by atoms with E-state index in [0.717, 1.165) is 22.0 Å². The fourth-order valence-corrected chi connectivity index (χ4v) is 2.64.